The fourth-order valence-corrected chi connectivity index (χ4v) is 1.82. The van der Waals surface area contributed by atoms with Crippen LogP contribution in [0.15, 0.2) is 24.3 Å². The van der Waals surface area contributed by atoms with Gasteiger partial charge in [0.2, 0.25) is 0 Å². The molecule has 3 nitrogen and oxygen atoms in total. The lowest BCUT2D eigenvalue weighted by molar-refractivity contribution is 0.303. The highest BCUT2D eigenvalue weighted by molar-refractivity contribution is 7.80. The number of methoxy groups -OCH3 is 1. The fourth-order valence-electron chi connectivity index (χ4n) is 1.64. The molecule has 0 unspecified atom stereocenters. The van der Waals surface area contributed by atoms with Gasteiger partial charge in [-0.2, -0.15) is 12.6 Å². The number of rotatable bonds is 9. The van der Waals surface area contributed by atoms with Gasteiger partial charge in [-0.1, -0.05) is 12.8 Å². The van der Waals surface area contributed by atoms with Crippen molar-refractivity contribution in [2.45, 2.75) is 31.7 Å². The van der Waals surface area contributed by atoms with Crippen molar-refractivity contribution in [2.75, 3.05) is 19.5 Å². The van der Waals surface area contributed by atoms with Crippen LogP contribution in [0, 0.1) is 0 Å². The van der Waals surface area contributed by atoms with E-state index in [0.29, 0.717) is 0 Å². The van der Waals surface area contributed by atoms with Gasteiger partial charge in [-0.3, -0.25) is 0 Å². The second kappa shape index (κ2) is 11.3. The van der Waals surface area contributed by atoms with Crippen LogP contribution in [0.4, 0.5) is 0 Å². The number of unbranched alkanes of at least 4 members (excludes halogenated alkanes) is 2. The number of ether oxygens (including phenoxy) is 2. The summed E-state index contributed by atoms with van der Waals surface area (Å²) in [5.74, 6) is 2.51. The zero-order chi connectivity index (χ0) is 13.2. The first-order valence-electron chi connectivity index (χ1n) is 6.39. The summed E-state index contributed by atoms with van der Waals surface area (Å²) < 4.78 is 10.7. The first kappa shape index (κ1) is 18.4. The van der Waals surface area contributed by atoms with E-state index < -0.39 is 0 Å². The van der Waals surface area contributed by atoms with Crippen molar-refractivity contribution in [3.8, 4) is 11.5 Å². The minimum absolute atomic E-state index is 0. The number of halogens is 1. The molecule has 0 aliphatic heterocycles. The number of hydrogen-bond acceptors (Lipinski definition) is 4. The van der Waals surface area contributed by atoms with E-state index in [1.807, 2.05) is 24.3 Å². The highest BCUT2D eigenvalue weighted by Gasteiger charge is 1.99. The third kappa shape index (κ3) is 8.24. The Morgan fingerprint density at radius 1 is 1.11 bits per heavy atom. The van der Waals surface area contributed by atoms with Crippen molar-refractivity contribution in [2.24, 2.45) is 5.73 Å². The van der Waals surface area contributed by atoms with Gasteiger partial charge in [0.1, 0.15) is 11.5 Å². The van der Waals surface area contributed by atoms with Gasteiger partial charge in [0.05, 0.1) is 13.7 Å². The van der Waals surface area contributed by atoms with E-state index in [0.717, 1.165) is 49.5 Å². The van der Waals surface area contributed by atoms with Crippen LogP contribution in [-0.4, -0.2) is 25.5 Å². The highest BCUT2D eigenvalue weighted by atomic mass is 35.5. The van der Waals surface area contributed by atoms with E-state index in [1.165, 1.54) is 0 Å². The molecule has 19 heavy (non-hydrogen) atoms. The average Bonchev–Trinajstić information content (AvgIpc) is 2.43. The standard InChI is InChI=1S/C14H23NO2S.ClH/c1-16-13-6-8-14(9-7-13)17-10-4-2-3-5-12(15)11-18;/h6-9,12,18H,2-5,10-11,15H2,1H3;1H/t12-;/m0./s1. The molecule has 1 aromatic rings. The maximum Gasteiger partial charge on any atom is 0.119 e. The Morgan fingerprint density at radius 2 is 1.74 bits per heavy atom. The summed E-state index contributed by atoms with van der Waals surface area (Å²) in [6.07, 6.45) is 4.41. The number of hydrogen-bond donors (Lipinski definition) is 2. The van der Waals surface area contributed by atoms with E-state index in [2.05, 4.69) is 12.6 Å². The van der Waals surface area contributed by atoms with Crippen molar-refractivity contribution in [3.05, 3.63) is 24.3 Å². The molecule has 0 bridgehead atoms. The van der Waals surface area contributed by atoms with Gasteiger partial charge in [0.15, 0.2) is 0 Å². The van der Waals surface area contributed by atoms with Crippen LogP contribution in [0.2, 0.25) is 0 Å². The Balaban J connectivity index is 0.00000324. The van der Waals surface area contributed by atoms with E-state index in [-0.39, 0.29) is 18.4 Å². The Kier molecular flexibility index (Phi) is 10.9. The molecule has 0 radical (unpaired) electrons. The predicted octanol–water partition coefficient (Wildman–Crippen LogP) is 3.31. The van der Waals surface area contributed by atoms with E-state index in [4.69, 9.17) is 15.2 Å². The van der Waals surface area contributed by atoms with E-state index in [1.54, 1.807) is 7.11 Å². The summed E-state index contributed by atoms with van der Waals surface area (Å²) >= 11 is 4.16. The SMILES string of the molecule is COc1ccc(OCCCCC[C@H](N)CS)cc1.Cl. The van der Waals surface area contributed by atoms with Gasteiger partial charge < -0.3 is 15.2 Å². The van der Waals surface area contributed by atoms with Crippen LogP contribution in [0.3, 0.4) is 0 Å². The molecule has 0 spiro atoms. The molecule has 0 heterocycles. The lowest BCUT2D eigenvalue weighted by Gasteiger charge is -2.09. The number of thiol groups is 1. The van der Waals surface area contributed by atoms with Crippen molar-refractivity contribution in [1.82, 2.24) is 0 Å². The molecule has 0 amide bonds. The summed E-state index contributed by atoms with van der Waals surface area (Å²) in [5, 5.41) is 0. The molecule has 1 atom stereocenters. The summed E-state index contributed by atoms with van der Waals surface area (Å²) in [4.78, 5) is 0. The summed E-state index contributed by atoms with van der Waals surface area (Å²) in [5.41, 5.74) is 5.79. The topological polar surface area (TPSA) is 44.5 Å². The van der Waals surface area contributed by atoms with Gasteiger partial charge in [0.25, 0.3) is 0 Å². The molecule has 0 saturated carbocycles. The van der Waals surface area contributed by atoms with Crippen LogP contribution in [0.25, 0.3) is 0 Å². The van der Waals surface area contributed by atoms with Gasteiger partial charge in [-0.15, -0.1) is 12.4 Å². The fraction of sp³-hybridized carbons (Fsp3) is 0.571. The van der Waals surface area contributed by atoms with Crippen LogP contribution >= 0.6 is 25.0 Å². The van der Waals surface area contributed by atoms with Crippen molar-refractivity contribution >= 4 is 25.0 Å². The molecule has 0 fully saturated rings. The van der Waals surface area contributed by atoms with Gasteiger partial charge in [-0.05, 0) is 37.1 Å². The van der Waals surface area contributed by atoms with Crippen molar-refractivity contribution in [1.29, 1.82) is 0 Å². The third-order valence-corrected chi connectivity index (χ3v) is 3.25. The van der Waals surface area contributed by atoms with Crippen LogP contribution in [0.1, 0.15) is 25.7 Å². The molecule has 5 heteroatoms. The maximum absolute atomic E-state index is 5.79. The monoisotopic (exact) mass is 305 g/mol. The zero-order valence-corrected chi connectivity index (χ0v) is 13.1. The summed E-state index contributed by atoms with van der Waals surface area (Å²) in [6, 6.07) is 7.89. The summed E-state index contributed by atoms with van der Waals surface area (Å²) in [6.45, 7) is 0.752. The van der Waals surface area contributed by atoms with Crippen LogP contribution in [-0.2, 0) is 0 Å². The molecule has 0 aliphatic carbocycles. The predicted molar refractivity (Wildman–Crippen MR) is 86.0 cm³/mol. The second-order valence-corrected chi connectivity index (χ2v) is 4.68. The highest BCUT2D eigenvalue weighted by Crippen LogP contribution is 2.17. The van der Waals surface area contributed by atoms with Gasteiger partial charge >= 0.3 is 0 Å². The first-order chi connectivity index (χ1) is 8.76. The van der Waals surface area contributed by atoms with Crippen LogP contribution < -0.4 is 15.2 Å². The Bertz CT molecular complexity index is 322. The lowest BCUT2D eigenvalue weighted by Crippen LogP contribution is -2.21. The largest absolute Gasteiger partial charge is 0.497 e. The van der Waals surface area contributed by atoms with Gasteiger partial charge in [-0.25, -0.2) is 0 Å². The summed E-state index contributed by atoms with van der Waals surface area (Å²) in [7, 11) is 1.66. The molecule has 2 N–H and O–H groups in total. The minimum Gasteiger partial charge on any atom is -0.497 e. The van der Waals surface area contributed by atoms with Crippen molar-refractivity contribution < 1.29 is 9.47 Å². The zero-order valence-electron chi connectivity index (χ0n) is 11.4. The van der Waals surface area contributed by atoms with Crippen LogP contribution in [0.5, 0.6) is 11.5 Å². The molecular weight excluding hydrogens is 282 g/mol. The smallest absolute Gasteiger partial charge is 0.119 e. The third-order valence-electron chi connectivity index (χ3n) is 2.78. The lowest BCUT2D eigenvalue weighted by atomic mass is 10.1. The second-order valence-electron chi connectivity index (χ2n) is 4.32. The van der Waals surface area contributed by atoms with Crippen molar-refractivity contribution in [3.63, 3.8) is 0 Å². The molecule has 1 aromatic carbocycles. The molecule has 0 saturated heterocycles. The molecular formula is C14H24ClNO2S. The molecule has 0 aromatic heterocycles. The normalized spacial score (nSPS) is 11.5. The molecule has 0 aliphatic rings. The Morgan fingerprint density at radius 3 is 2.32 bits per heavy atom. The molecule has 1 rings (SSSR count). The number of benzene rings is 1. The minimum atomic E-state index is 0. The maximum atomic E-state index is 5.79. The van der Waals surface area contributed by atoms with Gasteiger partial charge in [0, 0.05) is 11.8 Å². The average molecular weight is 306 g/mol. The number of nitrogens with two attached hydrogens (primary N) is 1. The van der Waals surface area contributed by atoms with E-state index in [9.17, 15) is 0 Å². The first-order valence-corrected chi connectivity index (χ1v) is 7.03. The quantitative estimate of drug-likeness (QED) is 0.543. The Hall–Kier alpha value is -0.580. The van der Waals surface area contributed by atoms with E-state index >= 15 is 0 Å². The molecule has 110 valence electrons. The Labute approximate surface area is 127 Å².